The van der Waals surface area contributed by atoms with Gasteiger partial charge < -0.3 is 10.6 Å². The number of aryl methyl sites for hydroxylation is 1. The molecule has 0 spiro atoms. The van der Waals surface area contributed by atoms with Crippen molar-refractivity contribution in [3.8, 4) is 0 Å². The summed E-state index contributed by atoms with van der Waals surface area (Å²) >= 11 is 0. The van der Waals surface area contributed by atoms with Crippen LogP contribution in [-0.2, 0) is 16.1 Å². The van der Waals surface area contributed by atoms with Crippen LogP contribution < -0.4 is 5.73 Å². The number of non-ortho nitro benzene ring substituents is 1. The van der Waals surface area contributed by atoms with E-state index >= 15 is 0 Å². The van der Waals surface area contributed by atoms with Crippen molar-refractivity contribution in [1.82, 2.24) is 0 Å². The number of oxime groups is 1. The number of hydrogen-bond donors (Lipinski definition) is 1. The lowest BCUT2D eigenvalue weighted by Crippen LogP contribution is -2.15. The van der Waals surface area contributed by atoms with Gasteiger partial charge >= 0.3 is 5.97 Å². The summed E-state index contributed by atoms with van der Waals surface area (Å²) in [5.74, 6) is -0.522. The molecule has 0 radical (unpaired) electrons. The van der Waals surface area contributed by atoms with Crippen LogP contribution in [-0.4, -0.2) is 16.7 Å². The summed E-state index contributed by atoms with van der Waals surface area (Å²) in [7, 11) is 0. The maximum absolute atomic E-state index is 11.6. The number of carbonyl (C=O) groups excluding carboxylic acids is 1. The minimum absolute atomic E-state index is 0.0204. The van der Waals surface area contributed by atoms with Crippen LogP contribution >= 0.6 is 0 Å². The minimum Gasteiger partial charge on any atom is -0.380 e. The topological polar surface area (TPSA) is 108 Å². The van der Waals surface area contributed by atoms with E-state index in [1.807, 2.05) is 30.3 Å². The van der Waals surface area contributed by atoms with Crippen LogP contribution in [0.1, 0.15) is 17.5 Å². The summed E-state index contributed by atoms with van der Waals surface area (Å²) in [5.41, 5.74) is 7.09. The van der Waals surface area contributed by atoms with Crippen LogP contribution in [0.25, 0.3) is 0 Å². The molecule has 2 aromatic rings. The SMILES string of the molecule is NC(=NOC(=O)CCc1ccccc1)c1ccc([N+](=O)[O-])cc1. The number of nitrogens with zero attached hydrogens (tertiary/aromatic N) is 2. The molecule has 0 heterocycles. The first-order valence-electron chi connectivity index (χ1n) is 6.88. The van der Waals surface area contributed by atoms with E-state index in [4.69, 9.17) is 10.6 Å². The maximum atomic E-state index is 11.6. The maximum Gasteiger partial charge on any atom is 0.335 e. The number of nitrogens with two attached hydrogens (primary N) is 1. The highest BCUT2D eigenvalue weighted by Crippen LogP contribution is 2.11. The quantitative estimate of drug-likeness (QED) is 0.289. The molecule has 2 N–H and O–H groups in total. The van der Waals surface area contributed by atoms with Gasteiger partial charge in [-0.05, 0) is 24.1 Å². The predicted octanol–water partition coefficient (Wildman–Crippen LogP) is 2.39. The van der Waals surface area contributed by atoms with Gasteiger partial charge in [-0.3, -0.25) is 10.1 Å². The summed E-state index contributed by atoms with van der Waals surface area (Å²) in [6, 6.07) is 15.0. The van der Waals surface area contributed by atoms with Gasteiger partial charge in [0.25, 0.3) is 5.69 Å². The van der Waals surface area contributed by atoms with Crippen LogP contribution in [0.15, 0.2) is 59.8 Å². The summed E-state index contributed by atoms with van der Waals surface area (Å²) in [5, 5.41) is 14.1. The first-order chi connectivity index (χ1) is 11.1. The molecule has 0 atom stereocenters. The van der Waals surface area contributed by atoms with Crippen LogP contribution in [0.3, 0.4) is 0 Å². The molecule has 0 amide bonds. The molecule has 2 aromatic carbocycles. The third-order valence-corrected chi connectivity index (χ3v) is 3.08. The van der Waals surface area contributed by atoms with Crippen LogP contribution in [0, 0.1) is 10.1 Å². The van der Waals surface area contributed by atoms with Crippen LogP contribution in [0.5, 0.6) is 0 Å². The fourth-order valence-corrected chi connectivity index (χ4v) is 1.84. The van der Waals surface area contributed by atoms with Crippen molar-refractivity contribution in [2.75, 3.05) is 0 Å². The zero-order valence-electron chi connectivity index (χ0n) is 12.2. The Hall–Kier alpha value is -3.22. The van der Waals surface area contributed by atoms with Gasteiger partial charge in [-0.1, -0.05) is 35.5 Å². The molecule has 0 aliphatic carbocycles. The van der Waals surface area contributed by atoms with Gasteiger partial charge in [-0.25, -0.2) is 4.79 Å². The van der Waals surface area contributed by atoms with Gasteiger partial charge in [0, 0.05) is 17.7 Å². The Morgan fingerprint density at radius 1 is 1.13 bits per heavy atom. The Kier molecular flexibility index (Phi) is 5.40. The molecule has 0 aromatic heterocycles. The normalized spacial score (nSPS) is 11.0. The Bertz CT molecular complexity index is 712. The molecule has 7 nitrogen and oxygen atoms in total. The zero-order valence-corrected chi connectivity index (χ0v) is 12.2. The molecular formula is C16H15N3O4. The molecule has 0 saturated carbocycles. The number of nitro benzene ring substituents is 1. The lowest BCUT2D eigenvalue weighted by molar-refractivity contribution is -0.384. The van der Waals surface area contributed by atoms with Gasteiger partial charge in [0.1, 0.15) is 0 Å². The van der Waals surface area contributed by atoms with Gasteiger partial charge in [0.2, 0.25) is 0 Å². The smallest absolute Gasteiger partial charge is 0.335 e. The summed E-state index contributed by atoms with van der Waals surface area (Å²) in [4.78, 5) is 26.4. The number of benzene rings is 2. The fraction of sp³-hybridized carbons (Fsp3) is 0.125. The zero-order chi connectivity index (χ0) is 16.7. The van der Waals surface area contributed by atoms with Crippen molar-refractivity contribution in [1.29, 1.82) is 0 Å². The number of hydrogen-bond acceptors (Lipinski definition) is 5. The number of carbonyl (C=O) groups is 1. The first kappa shape index (κ1) is 16.2. The molecular weight excluding hydrogens is 298 g/mol. The van der Waals surface area contributed by atoms with Crippen molar-refractivity contribution in [2.45, 2.75) is 12.8 Å². The lowest BCUT2D eigenvalue weighted by atomic mass is 10.1. The van der Waals surface area contributed by atoms with Crippen molar-refractivity contribution in [3.63, 3.8) is 0 Å². The standard InChI is InChI=1S/C16H15N3O4/c17-16(13-7-9-14(10-8-13)19(21)22)18-23-15(20)11-6-12-4-2-1-3-5-12/h1-5,7-10H,6,11H2,(H2,17,18). The van der Waals surface area contributed by atoms with Crippen LogP contribution in [0.4, 0.5) is 5.69 Å². The molecule has 0 aliphatic rings. The van der Waals surface area contributed by atoms with E-state index in [9.17, 15) is 14.9 Å². The van der Waals surface area contributed by atoms with Crippen molar-refractivity contribution in [3.05, 3.63) is 75.8 Å². The van der Waals surface area contributed by atoms with Crippen molar-refractivity contribution >= 4 is 17.5 Å². The second kappa shape index (κ2) is 7.69. The molecule has 0 aliphatic heterocycles. The van der Waals surface area contributed by atoms with Gasteiger partial charge in [0.05, 0.1) is 11.3 Å². The van der Waals surface area contributed by atoms with Crippen molar-refractivity contribution in [2.24, 2.45) is 10.9 Å². The third kappa shape index (κ3) is 4.92. The van der Waals surface area contributed by atoms with E-state index in [2.05, 4.69) is 5.16 Å². The second-order valence-electron chi connectivity index (χ2n) is 4.73. The highest BCUT2D eigenvalue weighted by Gasteiger charge is 2.08. The number of nitro groups is 1. The van der Waals surface area contributed by atoms with E-state index in [0.29, 0.717) is 12.0 Å². The van der Waals surface area contributed by atoms with E-state index in [1.54, 1.807) is 0 Å². The minimum atomic E-state index is -0.513. The predicted molar refractivity (Wildman–Crippen MR) is 84.7 cm³/mol. The average Bonchev–Trinajstić information content (AvgIpc) is 2.58. The van der Waals surface area contributed by atoms with Gasteiger partial charge in [-0.2, -0.15) is 0 Å². The first-order valence-corrected chi connectivity index (χ1v) is 6.88. The van der Waals surface area contributed by atoms with E-state index in [-0.39, 0.29) is 17.9 Å². The van der Waals surface area contributed by atoms with Gasteiger partial charge in [-0.15, -0.1) is 0 Å². The average molecular weight is 313 g/mol. The number of amidine groups is 1. The molecule has 23 heavy (non-hydrogen) atoms. The lowest BCUT2D eigenvalue weighted by Gasteiger charge is -2.02. The molecule has 7 heteroatoms. The Balaban J connectivity index is 1.88. The Morgan fingerprint density at radius 3 is 2.39 bits per heavy atom. The second-order valence-corrected chi connectivity index (χ2v) is 4.73. The molecule has 0 fully saturated rings. The molecule has 118 valence electrons. The number of rotatable bonds is 6. The summed E-state index contributed by atoms with van der Waals surface area (Å²) in [6.45, 7) is 0. The molecule has 2 rings (SSSR count). The molecule has 0 saturated heterocycles. The van der Waals surface area contributed by atoms with E-state index in [0.717, 1.165) is 5.56 Å². The summed E-state index contributed by atoms with van der Waals surface area (Å²) in [6.07, 6.45) is 0.730. The van der Waals surface area contributed by atoms with Gasteiger partial charge in [0.15, 0.2) is 5.84 Å². The molecule has 0 unspecified atom stereocenters. The highest BCUT2D eigenvalue weighted by atomic mass is 16.7. The Morgan fingerprint density at radius 2 is 1.78 bits per heavy atom. The van der Waals surface area contributed by atoms with E-state index < -0.39 is 10.9 Å². The van der Waals surface area contributed by atoms with Crippen LogP contribution in [0.2, 0.25) is 0 Å². The van der Waals surface area contributed by atoms with Crippen molar-refractivity contribution < 1.29 is 14.6 Å². The largest absolute Gasteiger partial charge is 0.380 e. The fourth-order valence-electron chi connectivity index (χ4n) is 1.84. The summed E-state index contributed by atoms with van der Waals surface area (Å²) < 4.78 is 0. The monoisotopic (exact) mass is 313 g/mol. The van der Waals surface area contributed by atoms with E-state index in [1.165, 1.54) is 24.3 Å². The third-order valence-electron chi connectivity index (χ3n) is 3.08. The Labute approximate surface area is 132 Å². The molecule has 0 bridgehead atoms. The highest BCUT2D eigenvalue weighted by molar-refractivity contribution is 5.97.